The molecular formula is C21H20ClNO5. The normalized spacial score (nSPS) is 14.1. The highest BCUT2D eigenvalue weighted by Gasteiger charge is 2.20. The summed E-state index contributed by atoms with van der Waals surface area (Å²) in [4.78, 5) is 26.1. The Morgan fingerprint density at radius 2 is 1.79 bits per heavy atom. The fraction of sp³-hybridized carbons (Fsp3) is 0.238. The van der Waals surface area contributed by atoms with Gasteiger partial charge in [0, 0.05) is 23.7 Å². The van der Waals surface area contributed by atoms with Crippen molar-refractivity contribution in [2.45, 2.75) is 0 Å². The molecule has 28 heavy (non-hydrogen) atoms. The molecular weight excluding hydrogens is 382 g/mol. The van der Waals surface area contributed by atoms with Crippen molar-refractivity contribution in [2.75, 3.05) is 33.4 Å². The van der Waals surface area contributed by atoms with Gasteiger partial charge in [0.1, 0.15) is 0 Å². The highest BCUT2D eigenvalue weighted by Crippen LogP contribution is 2.29. The van der Waals surface area contributed by atoms with E-state index in [0.29, 0.717) is 48.4 Å². The van der Waals surface area contributed by atoms with Crippen LogP contribution in [0.4, 0.5) is 4.79 Å². The van der Waals surface area contributed by atoms with Crippen LogP contribution in [-0.4, -0.2) is 50.2 Å². The minimum absolute atomic E-state index is 0.140. The quantitative estimate of drug-likeness (QED) is 0.558. The second-order valence-corrected chi connectivity index (χ2v) is 6.52. The summed E-state index contributed by atoms with van der Waals surface area (Å²) in [5.74, 6) is 0.585. The monoisotopic (exact) mass is 401 g/mol. The number of benzene rings is 2. The SMILES string of the molecule is COc1cc(C=CC(=O)c2ccc(Cl)cc2)ccc1OC(=O)N1CCOCC1. The number of amides is 1. The zero-order chi connectivity index (χ0) is 19.9. The maximum atomic E-state index is 12.2. The molecule has 3 rings (SSSR count). The highest BCUT2D eigenvalue weighted by atomic mass is 35.5. The summed E-state index contributed by atoms with van der Waals surface area (Å²) < 4.78 is 16.0. The first-order chi connectivity index (χ1) is 13.6. The van der Waals surface area contributed by atoms with E-state index in [-0.39, 0.29) is 5.78 Å². The molecule has 1 aliphatic rings. The molecule has 0 aromatic heterocycles. The van der Waals surface area contributed by atoms with Crippen molar-refractivity contribution in [3.05, 3.63) is 64.7 Å². The number of halogens is 1. The molecule has 146 valence electrons. The van der Waals surface area contributed by atoms with Gasteiger partial charge in [-0.15, -0.1) is 0 Å². The van der Waals surface area contributed by atoms with Gasteiger partial charge in [-0.25, -0.2) is 4.79 Å². The Labute approximate surface area is 168 Å². The molecule has 1 heterocycles. The molecule has 1 aliphatic heterocycles. The molecule has 0 spiro atoms. The highest BCUT2D eigenvalue weighted by molar-refractivity contribution is 6.30. The van der Waals surface area contributed by atoms with Gasteiger partial charge in [0.25, 0.3) is 0 Å². The van der Waals surface area contributed by atoms with Crippen LogP contribution in [0.1, 0.15) is 15.9 Å². The smallest absolute Gasteiger partial charge is 0.415 e. The number of carbonyl (C=O) groups is 2. The zero-order valence-corrected chi connectivity index (χ0v) is 16.1. The van der Waals surface area contributed by atoms with Gasteiger partial charge < -0.3 is 19.1 Å². The number of carbonyl (C=O) groups excluding carboxylic acids is 2. The van der Waals surface area contributed by atoms with E-state index in [0.717, 1.165) is 5.56 Å². The molecule has 0 aliphatic carbocycles. The van der Waals surface area contributed by atoms with E-state index in [2.05, 4.69) is 0 Å². The first-order valence-electron chi connectivity index (χ1n) is 8.77. The molecule has 2 aromatic rings. The lowest BCUT2D eigenvalue weighted by molar-refractivity contribution is 0.0413. The minimum atomic E-state index is -0.442. The van der Waals surface area contributed by atoms with E-state index in [1.54, 1.807) is 53.4 Å². The van der Waals surface area contributed by atoms with Crippen LogP contribution in [-0.2, 0) is 4.74 Å². The lowest BCUT2D eigenvalue weighted by Crippen LogP contribution is -2.42. The fourth-order valence-corrected chi connectivity index (χ4v) is 2.78. The number of ether oxygens (including phenoxy) is 3. The third kappa shape index (κ3) is 5.12. The first-order valence-corrected chi connectivity index (χ1v) is 9.15. The lowest BCUT2D eigenvalue weighted by atomic mass is 10.1. The summed E-state index contributed by atoms with van der Waals surface area (Å²) >= 11 is 5.83. The Kier molecular flexibility index (Phi) is 6.68. The Bertz CT molecular complexity index is 873. The Morgan fingerprint density at radius 1 is 1.07 bits per heavy atom. The number of nitrogens with zero attached hydrogens (tertiary/aromatic N) is 1. The van der Waals surface area contributed by atoms with Crippen molar-refractivity contribution >= 4 is 29.6 Å². The minimum Gasteiger partial charge on any atom is -0.493 e. The molecule has 1 fully saturated rings. The Balaban J connectivity index is 1.69. The summed E-state index contributed by atoms with van der Waals surface area (Å²) in [5.41, 5.74) is 1.29. The molecule has 0 N–H and O–H groups in total. The van der Waals surface area contributed by atoms with Crippen LogP contribution < -0.4 is 9.47 Å². The van der Waals surface area contributed by atoms with E-state index in [1.807, 2.05) is 0 Å². The van der Waals surface area contributed by atoms with Gasteiger partial charge in [-0.3, -0.25) is 4.79 Å². The molecule has 6 nitrogen and oxygen atoms in total. The van der Waals surface area contributed by atoms with Gasteiger partial charge in [-0.1, -0.05) is 23.7 Å². The summed E-state index contributed by atoms with van der Waals surface area (Å²) in [7, 11) is 1.49. The van der Waals surface area contributed by atoms with E-state index >= 15 is 0 Å². The van der Waals surface area contributed by atoms with Gasteiger partial charge in [0.2, 0.25) is 0 Å². The number of methoxy groups -OCH3 is 1. The van der Waals surface area contributed by atoms with Crippen LogP contribution in [0, 0.1) is 0 Å². The van der Waals surface area contributed by atoms with Crippen molar-refractivity contribution in [2.24, 2.45) is 0 Å². The number of rotatable bonds is 5. The second-order valence-electron chi connectivity index (χ2n) is 6.08. The van der Waals surface area contributed by atoms with Crippen LogP contribution in [0.5, 0.6) is 11.5 Å². The van der Waals surface area contributed by atoms with Crippen LogP contribution in [0.15, 0.2) is 48.5 Å². The average Bonchev–Trinajstić information content (AvgIpc) is 2.73. The summed E-state index contributed by atoms with van der Waals surface area (Å²) in [6.45, 7) is 1.98. The Hall–Kier alpha value is -2.83. The molecule has 2 aromatic carbocycles. The van der Waals surface area contributed by atoms with E-state index in [1.165, 1.54) is 13.2 Å². The molecule has 0 radical (unpaired) electrons. The molecule has 1 saturated heterocycles. The third-order valence-corrected chi connectivity index (χ3v) is 4.46. The van der Waals surface area contributed by atoms with Crippen molar-refractivity contribution in [3.63, 3.8) is 0 Å². The summed E-state index contributed by atoms with van der Waals surface area (Å²) in [5, 5.41) is 0.576. The van der Waals surface area contributed by atoms with Gasteiger partial charge in [-0.2, -0.15) is 0 Å². The molecule has 1 amide bonds. The molecule has 0 unspecified atom stereocenters. The van der Waals surface area contributed by atoms with Crippen molar-refractivity contribution in [3.8, 4) is 11.5 Å². The van der Waals surface area contributed by atoms with Crippen molar-refractivity contribution < 1.29 is 23.8 Å². The molecule has 7 heteroatoms. The van der Waals surface area contributed by atoms with Crippen molar-refractivity contribution in [1.82, 2.24) is 4.90 Å². The van der Waals surface area contributed by atoms with E-state index < -0.39 is 6.09 Å². The van der Waals surface area contributed by atoms with Gasteiger partial charge in [0.05, 0.1) is 20.3 Å². The largest absolute Gasteiger partial charge is 0.493 e. The fourth-order valence-electron chi connectivity index (χ4n) is 2.66. The predicted molar refractivity (Wildman–Crippen MR) is 106 cm³/mol. The summed E-state index contributed by atoms with van der Waals surface area (Å²) in [6, 6.07) is 11.8. The van der Waals surface area contributed by atoms with Crippen LogP contribution in [0.2, 0.25) is 5.02 Å². The van der Waals surface area contributed by atoms with E-state index in [9.17, 15) is 9.59 Å². The maximum Gasteiger partial charge on any atom is 0.415 e. The van der Waals surface area contributed by atoms with E-state index in [4.69, 9.17) is 25.8 Å². The van der Waals surface area contributed by atoms with Gasteiger partial charge in [-0.05, 0) is 48.0 Å². The van der Waals surface area contributed by atoms with Crippen molar-refractivity contribution in [1.29, 1.82) is 0 Å². The van der Waals surface area contributed by atoms with Gasteiger partial charge >= 0.3 is 6.09 Å². The topological polar surface area (TPSA) is 65.1 Å². The predicted octanol–water partition coefficient (Wildman–Crippen LogP) is 4.08. The van der Waals surface area contributed by atoms with Crippen LogP contribution >= 0.6 is 11.6 Å². The first kappa shape index (κ1) is 19.9. The molecule has 0 saturated carbocycles. The molecule has 0 bridgehead atoms. The molecule has 0 atom stereocenters. The number of morpholine rings is 1. The third-order valence-electron chi connectivity index (χ3n) is 4.21. The number of hydrogen-bond donors (Lipinski definition) is 0. The number of allylic oxidation sites excluding steroid dienone is 1. The lowest BCUT2D eigenvalue weighted by Gasteiger charge is -2.26. The summed E-state index contributed by atoms with van der Waals surface area (Å²) in [6.07, 6.45) is 2.70. The number of ketones is 1. The van der Waals surface area contributed by atoms with Crippen LogP contribution in [0.25, 0.3) is 6.08 Å². The second kappa shape index (κ2) is 9.39. The van der Waals surface area contributed by atoms with Gasteiger partial charge in [0.15, 0.2) is 17.3 Å². The number of hydrogen-bond acceptors (Lipinski definition) is 5. The zero-order valence-electron chi connectivity index (χ0n) is 15.4. The standard InChI is InChI=1S/C21H20ClNO5/c1-26-20-14-15(2-8-18(24)16-4-6-17(22)7-5-16)3-9-19(20)28-21(25)23-10-12-27-13-11-23/h2-9,14H,10-13H2,1H3. The Morgan fingerprint density at radius 3 is 2.46 bits per heavy atom. The average molecular weight is 402 g/mol. The maximum absolute atomic E-state index is 12.2. The van der Waals surface area contributed by atoms with Crippen LogP contribution in [0.3, 0.4) is 0 Å².